The Kier molecular flexibility index (Phi) is 7.58. The fourth-order valence-corrected chi connectivity index (χ4v) is 3.56. The molecule has 0 amide bonds. The van der Waals surface area contributed by atoms with E-state index in [-0.39, 0.29) is 28.8 Å². The van der Waals surface area contributed by atoms with E-state index >= 15 is 0 Å². The van der Waals surface area contributed by atoms with Crippen LogP contribution < -0.4 is 20.5 Å². The molecule has 8 nitrogen and oxygen atoms in total. The Morgan fingerprint density at radius 1 is 1.17 bits per heavy atom. The minimum absolute atomic E-state index is 0.0807. The number of methoxy groups -OCH3 is 1. The first kappa shape index (κ1) is 24.4. The molecule has 2 N–H and O–H groups in total. The molecule has 0 atom stereocenters. The predicted molar refractivity (Wildman–Crippen MR) is 135 cm³/mol. The van der Waals surface area contributed by atoms with Crippen molar-refractivity contribution in [2.75, 3.05) is 12.5 Å². The number of ether oxygens (including phenoxy) is 2. The minimum Gasteiger partial charge on any atom is -0.496 e. The summed E-state index contributed by atoms with van der Waals surface area (Å²) in [5, 5.41) is 13.7. The third kappa shape index (κ3) is 5.68. The molecule has 1 aromatic heterocycles. The van der Waals surface area contributed by atoms with Gasteiger partial charge in [0.1, 0.15) is 35.6 Å². The highest BCUT2D eigenvalue weighted by atomic mass is 35.5. The Labute approximate surface area is 210 Å². The number of halogens is 2. The quantitative estimate of drug-likeness (QED) is 0.254. The molecule has 180 valence electrons. The molecule has 0 bridgehead atoms. The Bertz CT molecular complexity index is 1520. The van der Waals surface area contributed by atoms with Crippen molar-refractivity contribution in [1.82, 2.24) is 9.97 Å². The van der Waals surface area contributed by atoms with E-state index in [1.54, 1.807) is 42.5 Å². The summed E-state index contributed by atoms with van der Waals surface area (Å²) >= 11 is 6.03. The molecular weight excluding hydrogens is 485 g/mol. The van der Waals surface area contributed by atoms with Gasteiger partial charge in [0.05, 0.1) is 24.0 Å². The fraction of sp³-hybridized carbons (Fsp3) is 0.0769. The fourth-order valence-electron chi connectivity index (χ4n) is 3.34. The molecule has 36 heavy (non-hydrogen) atoms. The second-order valence-electron chi connectivity index (χ2n) is 7.42. The van der Waals surface area contributed by atoms with Gasteiger partial charge in [0.25, 0.3) is 5.56 Å². The molecule has 0 aliphatic rings. The van der Waals surface area contributed by atoms with Gasteiger partial charge in [-0.15, -0.1) is 0 Å². The van der Waals surface area contributed by atoms with Crippen molar-refractivity contribution in [3.8, 4) is 28.8 Å². The number of aromatic amines is 1. The van der Waals surface area contributed by atoms with Crippen LogP contribution in [-0.2, 0) is 6.61 Å². The largest absolute Gasteiger partial charge is 0.496 e. The zero-order valence-electron chi connectivity index (χ0n) is 19.0. The molecule has 0 radical (unpaired) electrons. The maximum atomic E-state index is 13.3. The molecule has 0 saturated heterocycles. The first-order valence-corrected chi connectivity index (χ1v) is 11.0. The number of nitrogens with one attached hydrogen (secondary N) is 2. The molecule has 1 heterocycles. The van der Waals surface area contributed by atoms with Gasteiger partial charge in [0.15, 0.2) is 0 Å². The van der Waals surface area contributed by atoms with E-state index in [2.05, 4.69) is 20.5 Å². The smallest absolute Gasteiger partial charge is 0.270 e. The molecule has 3 aromatic carbocycles. The summed E-state index contributed by atoms with van der Waals surface area (Å²) in [5.41, 5.74) is 4.32. The number of hydrogen-bond acceptors (Lipinski definition) is 7. The number of anilines is 1. The number of hydrogen-bond donors (Lipinski definition) is 2. The van der Waals surface area contributed by atoms with E-state index < -0.39 is 11.4 Å². The Morgan fingerprint density at radius 2 is 1.94 bits per heavy atom. The van der Waals surface area contributed by atoms with Crippen LogP contribution in [0.3, 0.4) is 0 Å². The van der Waals surface area contributed by atoms with Crippen molar-refractivity contribution in [1.29, 1.82) is 5.26 Å². The van der Waals surface area contributed by atoms with Crippen LogP contribution in [0, 0.1) is 17.1 Å². The lowest BCUT2D eigenvalue weighted by atomic mass is 10.1. The van der Waals surface area contributed by atoms with Crippen LogP contribution in [0.4, 0.5) is 10.3 Å². The molecule has 4 aromatic rings. The first-order valence-electron chi connectivity index (χ1n) is 10.6. The van der Waals surface area contributed by atoms with Gasteiger partial charge in [-0.3, -0.25) is 9.78 Å². The average molecular weight is 504 g/mol. The van der Waals surface area contributed by atoms with Crippen molar-refractivity contribution in [3.05, 3.63) is 105 Å². The van der Waals surface area contributed by atoms with E-state index in [0.29, 0.717) is 28.2 Å². The highest BCUT2D eigenvalue weighted by molar-refractivity contribution is 6.32. The number of H-pyrrole nitrogens is 1. The number of nitrogens with zero attached hydrogens (tertiary/aromatic N) is 3. The number of benzene rings is 3. The molecule has 4 rings (SSSR count). The first-order chi connectivity index (χ1) is 17.5. The van der Waals surface area contributed by atoms with Gasteiger partial charge >= 0.3 is 0 Å². The van der Waals surface area contributed by atoms with Crippen LogP contribution in [0.5, 0.6) is 11.5 Å². The Balaban J connectivity index is 1.53. The topological polar surface area (TPSA) is 112 Å². The van der Waals surface area contributed by atoms with Crippen LogP contribution in [0.2, 0.25) is 5.02 Å². The summed E-state index contributed by atoms with van der Waals surface area (Å²) in [4.78, 5) is 19.2. The van der Waals surface area contributed by atoms with Crippen molar-refractivity contribution < 1.29 is 13.9 Å². The monoisotopic (exact) mass is 503 g/mol. The van der Waals surface area contributed by atoms with Gasteiger partial charge < -0.3 is 9.47 Å². The average Bonchev–Trinajstić information content (AvgIpc) is 2.88. The van der Waals surface area contributed by atoms with Crippen LogP contribution in [0.15, 0.2) is 76.6 Å². The zero-order valence-corrected chi connectivity index (χ0v) is 19.7. The molecule has 0 unspecified atom stereocenters. The van der Waals surface area contributed by atoms with Gasteiger partial charge in [0, 0.05) is 11.1 Å². The minimum atomic E-state index is -0.576. The van der Waals surface area contributed by atoms with Gasteiger partial charge in [-0.05, 0) is 42.0 Å². The summed E-state index contributed by atoms with van der Waals surface area (Å²) in [6.07, 6.45) is 1.52. The molecule has 0 spiro atoms. The zero-order chi connectivity index (χ0) is 25.5. The molecule has 0 aliphatic heterocycles. The molecule has 0 saturated carbocycles. The molecule has 0 aliphatic carbocycles. The van der Waals surface area contributed by atoms with Crippen LogP contribution >= 0.6 is 11.6 Å². The van der Waals surface area contributed by atoms with Gasteiger partial charge in [-0.25, -0.2) is 14.8 Å². The van der Waals surface area contributed by atoms with Gasteiger partial charge in [-0.2, -0.15) is 10.4 Å². The number of aromatic nitrogens is 2. The second-order valence-corrected chi connectivity index (χ2v) is 7.83. The second kappa shape index (κ2) is 11.2. The van der Waals surface area contributed by atoms with Crippen molar-refractivity contribution in [2.24, 2.45) is 5.10 Å². The maximum absolute atomic E-state index is 13.3. The van der Waals surface area contributed by atoms with Gasteiger partial charge in [0.2, 0.25) is 5.95 Å². The SMILES string of the molecule is COc1ccc(C=NNc2nc(-c3ccccc3)c(C#N)c(=O)[nH]2)cc1COc1ccc(F)cc1Cl. The lowest BCUT2D eigenvalue weighted by molar-refractivity contribution is 0.296. The maximum Gasteiger partial charge on any atom is 0.270 e. The third-order valence-electron chi connectivity index (χ3n) is 5.04. The van der Waals surface area contributed by atoms with Gasteiger partial charge in [-0.1, -0.05) is 41.9 Å². The number of hydrazone groups is 1. The predicted octanol–water partition coefficient (Wildman–Crippen LogP) is 5.13. The van der Waals surface area contributed by atoms with E-state index in [1.165, 1.54) is 31.5 Å². The van der Waals surface area contributed by atoms with E-state index in [1.807, 2.05) is 12.1 Å². The highest BCUT2D eigenvalue weighted by Gasteiger charge is 2.13. The third-order valence-corrected chi connectivity index (χ3v) is 5.34. The summed E-state index contributed by atoms with van der Waals surface area (Å²) < 4.78 is 24.4. The van der Waals surface area contributed by atoms with Crippen molar-refractivity contribution in [2.45, 2.75) is 6.61 Å². The van der Waals surface area contributed by atoms with Crippen LogP contribution in [0.1, 0.15) is 16.7 Å². The highest BCUT2D eigenvalue weighted by Crippen LogP contribution is 2.28. The van der Waals surface area contributed by atoms with E-state index in [0.717, 1.165) is 0 Å². The van der Waals surface area contributed by atoms with Crippen LogP contribution in [-0.4, -0.2) is 23.3 Å². The summed E-state index contributed by atoms with van der Waals surface area (Å²) in [7, 11) is 1.54. The van der Waals surface area contributed by atoms with E-state index in [4.69, 9.17) is 21.1 Å². The molecule has 10 heteroatoms. The summed E-state index contributed by atoms with van der Waals surface area (Å²) in [6, 6.07) is 20.0. The number of nitriles is 1. The normalized spacial score (nSPS) is 10.7. The summed E-state index contributed by atoms with van der Waals surface area (Å²) in [6.45, 7) is 0.120. The Hall–Kier alpha value is -4.68. The lowest BCUT2D eigenvalue weighted by Gasteiger charge is -2.12. The molecule has 0 fully saturated rings. The standard InChI is InChI=1S/C26H19ClFN5O3/c1-35-22-9-7-16(11-18(22)15-36-23-10-8-19(28)12-21(23)27)14-30-33-26-31-24(17-5-3-2-4-6-17)20(13-29)25(34)32-26/h2-12,14H,15H2,1H3,(H2,31,32,33,34). The van der Waals surface area contributed by atoms with Crippen molar-refractivity contribution in [3.63, 3.8) is 0 Å². The summed E-state index contributed by atoms with van der Waals surface area (Å²) in [5.74, 6) is 0.552. The molecular formula is C26H19ClFN5O3. The lowest BCUT2D eigenvalue weighted by Crippen LogP contribution is -2.16. The Morgan fingerprint density at radius 3 is 2.67 bits per heavy atom. The number of rotatable bonds is 8. The van der Waals surface area contributed by atoms with E-state index in [9.17, 15) is 14.4 Å². The van der Waals surface area contributed by atoms with Crippen LogP contribution in [0.25, 0.3) is 11.3 Å². The van der Waals surface area contributed by atoms with Crippen molar-refractivity contribution >= 4 is 23.8 Å².